The van der Waals surface area contributed by atoms with Crippen LogP contribution in [0.2, 0.25) is 0 Å². The second kappa shape index (κ2) is 8.22. The Morgan fingerprint density at radius 3 is 2.93 bits per heavy atom. The largest absolute Gasteiger partial charge is 0.355 e. The molecule has 8 nitrogen and oxygen atoms in total. The van der Waals surface area contributed by atoms with Crippen LogP contribution in [0.3, 0.4) is 0 Å². The van der Waals surface area contributed by atoms with Gasteiger partial charge in [0.2, 0.25) is 17.7 Å². The molecule has 1 saturated heterocycles. The summed E-state index contributed by atoms with van der Waals surface area (Å²) < 4.78 is 5.55. The lowest BCUT2D eigenvalue weighted by Crippen LogP contribution is -2.34. The Morgan fingerprint density at radius 1 is 1.26 bits per heavy atom. The molecule has 4 heterocycles. The van der Waals surface area contributed by atoms with Gasteiger partial charge in [-0.05, 0) is 38.4 Å². The molecule has 0 aliphatic carbocycles. The molecule has 1 fully saturated rings. The lowest BCUT2D eigenvalue weighted by molar-refractivity contribution is 0.180. The number of piperidine rings is 1. The highest BCUT2D eigenvalue weighted by Gasteiger charge is 2.26. The van der Waals surface area contributed by atoms with Crippen LogP contribution in [-0.2, 0) is 6.54 Å². The first kappa shape index (κ1) is 17.5. The van der Waals surface area contributed by atoms with E-state index in [1.807, 2.05) is 31.5 Å². The number of hydrogen-bond acceptors (Lipinski definition) is 8. The lowest BCUT2D eigenvalue weighted by Gasteiger charge is -2.30. The van der Waals surface area contributed by atoms with Gasteiger partial charge in [0.15, 0.2) is 0 Å². The molecule has 0 saturated carbocycles. The number of pyridine rings is 1. The van der Waals surface area contributed by atoms with Crippen LogP contribution < -0.4 is 5.32 Å². The van der Waals surface area contributed by atoms with E-state index in [1.165, 1.54) is 0 Å². The number of rotatable bonds is 6. The molecule has 0 unspecified atom stereocenters. The van der Waals surface area contributed by atoms with Crippen molar-refractivity contribution in [1.29, 1.82) is 0 Å². The molecule has 1 aliphatic rings. The monoisotopic (exact) mass is 365 g/mol. The standard InChI is InChI=1S/C19H23N7O/c1-2-21-19-22-9-14(10-23-19)12-26-8-4-6-16(13-26)18-24-17(25-27-18)15-5-3-7-20-11-15/h3,5,7,9-11,16H,2,4,6,8,12-13H2,1H3,(H,21,22,23)/t16-/m1/s1. The van der Waals surface area contributed by atoms with Crippen molar-refractivity contribution >= 4 is 5.95 Å². The Bertz CT molecular complexity index is 850. The highest BCUT2D eigenvalue weighted by molar-refractivity contribution is 5.51. The summed E-state index contributed by atoms with van der Waals surface area (Å²) in [4.78, 5) is 19.8. The molecular weight excluding hydrogens is 342 g/mol. The van der Waals surface area contributed by atoms with Gasteiger partial charge in [-0.15, -0.1) is 0 Å². The first-order valence-corrected chi connectivity index (χ1v) is 9.33. The number of nitrogens with zero attached hydrogens (tertiary/aromatic N) is 6. The highest BCUT2D eigenvalue weighted by Crippen LogP contribution is 2.28. The van der Waals surface area contributed by atoms with Crippen molar-refractivity contribution in [3.63, 3.8) is 0 Å². The van der Waals surface area contributed by atoms with Gasteiger partial charge in [0.25, 0.3) is 0 Å². The number of likely N-dealkylation sites (tertiary alicyclic amines) is 1. The smallest absolute Gasteiger partial charge is 0.231 e. The van der Waals surface area contributed by atoms with E-state index in [-0.39, 0.29) is 5.92 Å². The second-order valence-electron chi connectivity index (χ2n) is 6.72. The van der Waals surface area contributed by atoms with E-state index in [2.05, 4.69) is 35.3 Å². The summed E-state index contributed by atoms with van der Waals surface area (Å²) >= 11 is 0. The highest BCUT2D eigenvalue weighted by atomic mass is 16.5. The summed E-state index contributed by atoms with van der Waals surface area (Å²) in [5, 5.41) is 7.24. The van der Waals surface area contributed by atoms with E-state index in [0.29, 0.717) is 17.7 Å². The van der Waals surface area contributed by atoms with Crippen molar-refractivity contribution in [2.24, 2.45) is 0 Å². The summed E-state index contributed by atoms with van der Waals surface area (Å²) in [7, 11) is 0. The summed E-state index contributed by atoms with van der Waals surface area (Å²) in [5.74, 6) is 2.23. The number of aromatic nitrogens is 5. The van der Waals surface area contributed by atoms with Gasteiger partial charge in [-0.2, -0.15) is 4.98 Å². The molecule has 8 heteroatoms. The molecular formula is C19H23N7O. The first-order chi connectivity index (χ1) is 13.3. The zero-order valence-electron chi connectivity index (χ0n) is 15.4. The molecule has 3 aromatic rings. The van der Waals surface area contributed by atoms with Gasteiger partial charge in [0.1, 0.15) is 0 Å². The molecule has 27 heavy (non-hydrogen) atoms. The maximum absolute atomic E-state index is 5.55. The Labute approximate surface area is 158 Å². The molecule has 1 atom stereocenters. The number of anilines is 1. The summed E-state index contributed by atoms with van der Waals surface area (Å²) in [5.41, 5.74) is 1.98. The fourth-order valence-electron chi connectivity index (χ4n) is 3.36. The van der Waals surface area contributed by atoms with Crippen LogP contribution in [0.4, 0.5) is 5.95 Å². The van der Waals surface area contributed by atoms with Crippen molar-refractivity contribution in [1.82, 2.24) is 30.0 Å². The van der Waals surface area contributed by atoms with E-state index >= 15 is 0 Å². The fraction of sp³-hybridized carbons (Fsp3) is 0.421. The van der Waals surface area contributed by atoms with Crippen molar-refractivity contribution in [3.8, 4) is 11.4 Å². The minimum atomic E-state index is 0.249. The third-order valence-electron chi connectivity index (χ3n) is 4.66. The normalized spacial score (nSPS) is 17.7. The third-order valence-corrected chi connectivity index (χ3v) is 4.66. The van der Waals surface area contributed by atoms with Gasteiger partial charge in [-0.3, -0.25) is 9.88 Å². The van der Waals surface area contributed by atoms with Gasteiger partial charge < -0.3 is 9.84 Å². The Hall–Kier alpha value is -2.87. The molecule has 140 valence electrons. The maximum atomic E-state index is 5.55. The van der Waals surface area contributed by atoms with E-state index < -0.39 is 0 Å². The topological polar surface area (TPSA) is 92.9 Å². The van der Waals surface area contributed by atoms with E-state index in [0.717, 1.165) is 50.1 Å². The zero-order valence-corrected chi connectivity index (χ0v) is 15.4. The van der Waals surface area contributed by atoms with Gasteiger partial charge in [0.05, 0.1) is 5.92 Å². The predicted octanol–water partition coefficient (Wildman–Crippen LogP) is 2.73. The van der Waals surface area contributed by atoms with Crippen LogP contribution in [0.5, 0.6) is 0 Å². The van der Waals surface area contributed by atoms with Crippen LogP contribution >= 0.6 is 0 Å². The Balaban J connectivity index is 1.40. The molecule has 4 rings (SSSR count). The quantitative estimate of drug-likeness (QED) is 0.713. The van der Waals surface area contributed by atoms with Gasteiger partial charge in [0, 0.05) is 55.5 Å². The Morgan fingerprint density at radius 2 is 2.15 bits per heavy atom. The molecule has 1 aliphatic heterocycles. The van der Waals surface area contributed by atoms with Crippen LogP contribution in [0.15, 0.2) is 41.4 Å². The average Bonchev–Trinajstić information content (AvgIpc) is 3.21. The summed E-state index contributed by atoms with van der Waals surface area (Å²) in [6, 6.07) is 3.81. The first-order valence-electron chi connectivity index (χ1n) is 9.33. The van der Waals surface area contributed by atoms with E-state index in [9.17, 15) is 0 Å². The average molecular weight is 365 g/mol. The van der Waals surface area contributed by atoms with Crippen molar-refractivity contribution in [3.05, 3.63) is 48.4 Å². The van der Waals surface area contributed by atoms with Crippen LogP contribution in [0.1, 0.15) is 37.1 Å². The molecule has 0 spiro atoms. The number of hydrogen-bond donors (Lipinski definition) is 1. The van der Waals surface area contributed by atoms with Gasteiger partial charge in [-0.1, -0.05) is 5.16 Å². The zero-order chi connectivity index (χ0) is 18.5. The minimum Gasteiger partial charge on any atom is -0.355 e. The fourth-order valence-corrected chi connectivity index (χ4v) is 3.36. The van der Waals surface area contributed by atoms with Crippen molar-refractivity contribution in [2.75, 3.05) is 25.0 Å². The second-order valence-corrected chi connectivity index (χ2v) is 6.72. The van der Waals surface area contributed by atoms with Crippen LogP contribution in [-0.4, -0.2) is 49.6 Å². The summed E-state index contributed by atoms with van der Waals surface area (Å²) in [6.45, 7) is 5.62. The SMILES string of the molecule is CCNc1ncc(CN2CCC[C@@H](c3nc(-c4cccnc4)no3)C2)cn1. The van der Waals surface area contributed by atoms with Crippen LogP contribution in [0, 0.1) is 0 Å². The van der Waals surface area contributed by atoms with Crippen molar-refractivity contribution in [2.45, 2.75) is 32.2 Å². The van der Waals surface area contributed by atoms with Gasteiger partial charge >= 0.3 is 0 Å². The van der Waals surface area contributed by atoms with Gasteiger partial charge in [-0.25, -0.2) is 9.97 Å². The van der Waals surface area contributed by atoms with E-state index in [4.69, 9.17) is 4.52 Å². The predicted molar refractivity (Wildman–Crippen MR) is 101 cm³/mol. The van der Waals surface area contributed by atoms with E-state index in [1.54, 1.807) is 12.4 Å². The van der Waals surface area contributed by atoms with Crippen molar-refractivity contribution < 1.29 is 4.52 Å². The molecule has 0 aromatic carbocycles. The molecule has 0 amide bonds. The minimum absolute atomic E-state index is 0.249. The molecule has 1 N–H and O–H groups in total. The number of nitrogens with one attached hydrogen (secondary N) is 1. The summed E-state index contributed by atoms with van der Waals surface area (Å²) in [6.07, 6.45) is 9.42. The third kappa shape index (κ3) is 4.28. The molecule has 0 bridgehead atoms. The van der Waals surface area contributed by atoms with Crippen LogP contribution in [0.25, 0.3) is 11.4 Å². The maximum Gasteiger partial charge on any atom is 0.231 e. The molecule has 0 radical (unpaired) electrons. The molecule has 3 aromatic heterocycles. The lowest BCUT2D eigenvalue weighted by atomic mass is 9.97. The Kier molecular flexibility index (Phi) is 5.34.